The quantitative estimate of drug-likeness (QED) is 0.660. The van der Waals surface area contributed by atoms with Crippen molar-refractivity contribution in [2.45, 2.75) is 26.7 Å². The van der Waals surface area contributed by atoms with Crippen LogP contribution >= 0.6 is 11.3 Å². The van der Waals surface area contributed by atoms with Gasteiger partial charge >= 0.3 is 0 Å². The fraction of sp³-hybridized carbons (Fsp3) is 0.267. The van der Waals surface area contributed by atoms with Gasteiger partial charge in [0, 0.05) is 17.3 Å². The minimum Gasteiger partial charge on any atom is -0.290 e. The van der Waals surface area contributed by atoms with E-state index >= 15 is 0 Å². The largest absolute Gasteiger partial charge is 0.290 e. The lowest BCUT2D eigenvalue weighted by Gasteiger charge is -2.07. The Hall–Kier alpha value is -1.61. The smallest absolute Gasteiger partial charge is 0.194 e. The van der Waals surface area contributed by atoms with E-state index in [0.29, 0.717) is 5.92 Å². The Morgan fingerprint density at radius 3 is 2.56 bits per heavy atom. The summed E-state index contributed by atoms with van der Waals surface area (Å²) in [6.45, 7) is 6.60. The third-order valence-corrected chi connectivity index (χ3v) is 4.26. The summed E-state index contributed by atoms with van der Waals surface area (Å²) in [5.74, 6) is 0.580. The van der Waals surface area contributed by atoms with Crippen LogP contribution in [0.4, 0.5) is 0 Å². The predicted octanol–water partition coefficient (Wildman–Crippen LogP) is 4.49. The lowest BCUT2D eigenvalue weighted by molar-refractivity contribution is 0.867. The van der Waals surface area contributed by atoms with Crippen molar-refractivity contribution in [1.82, 2.24) is 9.38 Å². The average Bonchev–Trinajstić information content (AvgIpc) is 2.89. The van der Waals surface area contributed by atoms with Gasteiger partial charge in [0.2, 0.25) is 0 Å². The molecule has 0 saturated carbocycles. The molecule has 18 heavy (non-hydrogen) atoms. The number of nitrogens with zero attached hydrogens (tertiary/aromatic N) is 2. The topological polar surface area (TPSA) is 17.3 Å². The van der Waals surface area contributed by atoms with E-state index in [1.54, 1.807) is 11.3 Å². The van der Waals surface area contributed by atoms with Crippen molar-refractivity contribution in [2.24, 2.45) is 0 Å². The predicted molar refractivity (Wildman–Crippen MR) is 77.3 cm³/mol. The summed E-state index contributed by atoms with van der Waals surface area (Å²) >= 11 is 1.74. The maximum absolute atomic E-state index is 4.35. The first-order valence-corrected chi connectivity index (χ1v) is 7.01. The molecule has 0 saturated heterocycles. The molecule has 0 unspecified atom stereocenters. The number of aromatic nitrogens is 2. The summed E-state index contributed by atoms with van der Waals surface area (Å²) in [6, 6.07) is 8.87. The highest BCUT2D eigenvalue weighted by molar-refractivity contribution is 7.17. The van der Waals surface area contributed by atoms with Gasteiger partial charge in [-0.3, -0.25) is 4.40 Å². The molecule has 0 amide bonds. The Morgan fingerprint density at radius 2 is 1.89 bits per heavy atom. The molecule has 0 fully saturated rings. The normalized spacial score (nSPS) is 11.6. The molecular formula is C15H16N2S. The van der Waals surface area contributed by atoms with E-state index in [2.05, 4.69) is 54.4 Å². The summed E-state index contributed by atoms with van der Waals surface area (Å²) in [7, 11) is 0. The number of aryl methyl sites for hydroxylation is 1. The van der Waals surface area contributed by atoms with Gasteiger partial charge in [-0.05, 0) is 24.0 Å². The highest BCUT2D eigenvalue weighted by Gasteiger charge is 2.11. The Kier molecular flexibility index (Phi) is 2.71. The van der Waals surface area contributed by atoms with Crippen molar-refractivity contribution in [3.05, 3.63) is 47.1 Å². The van der Waals surface area contributed by atoms with Gasteiger partial charge in [0.25, 0.3) is 0 Å². The summed E-state index contributed by atoms with van der Waals surface area (Å²) in [4.78, 5) is 6.73. The molecule has 3 heteroatoms. The zero-order valence-electron chi connectivity index (χ0n) is 10.8. The molecule has 0 aliphatic heterocycles. The van der Waals surface area contributed by atoms with Gasteiger partial charge in [-0.1, -0.05) is 38.1 Å². The third kappa shape index (κ3) is 1.75. The number of imidazole rings is 1. The molecule has 0 spiro atoms. The number of hydrogen-bond donors (Lipinski definition) is 0. The van der Waals surface area contributed by atoms with Crippen LogP contribution in [0.5, 0.6) is 0 Å². The van der Waals surface area contributed by atoms with Crippen LogP contribution in [0.3, 0.4) is 0 Å². The van der Waals surface area contributed by atoms with Gasteiger partial charge in [-0.2, -0.15) is 0 Å². The minimum atomic E-state index is 0.580. The zero-order chi connectivity index (χ0) is 12.7. The molecular weight excluding hydrogens is 240 g/mol. The summed E-state index contributed by atoms with van der Waals surface area (Å²) in [6.07, 6.45) is 3.89. The Balaban J connectivity index is 2.13. The summed E-state index contributed by atoms with van der Waals surface area (Å²) < 4.78 is 2.17. The number of rotatable bonds is 2. The van der Waals surface area contributed by atoms with E-state index in [1.807, 2.05) is 12.4 Å². The van der Waals surface area contributed by atoms with E-state index in [4.69, 9.17) is 0 Å². The molecule has 0 aliphatic carbocycles. The van der Waals surface area contributed by atoms with E-state index in [0.717, 1.165) is 4.96 Å². The van der Waals surface area contributed by atoms with E-state index in [1.165, 1.54) is 21.7 Å². The van der Waals surface area contributed by atoms with Crippen LogP contribution < -0.4 is 0 Å². The van der Waals surface area contributed by atoms with Gasteiger partial charge in [-0.15, -0.1) is 11.3 Å². The van der Waals surface area contributed by atoms with E-state index < -0.39 is 0 Å². The Labute approximate surface area is 111 Å². The monoisotopic (exact) mass is 256 g/mol. The highest BCUT2D eigenvalue weighted by Crippen LogP contribution is 2.31. The number of thiazole rings is 1. The second-order valence-corrected chi connectivity index (χ2v) is 6.05. The lowest BCUT2D eigenvalue weighted by atomic mass is 10.0. The van der Waals surface area contributed by atoms with Crippen molar-refractivity contribution in [1.29, 1.82) is 0 Å². The molecule has 2 aromatic heterocycles. The first kappa shape index (κ1) is 11.5. The molecule has 1 aromatic carbocycles. The average molecular weight is 256 g/mol. The summed E-state index contributed by atoms with van der Waals surface area (Å²) in [5.41, 5.74) is 3.91. The number of fused-ring (bicyclic) bond motifs is 1. The molecule has 2 heterocycles. The molecule has 3 rings (SSSR count). The maximum Gasteiger partial charge on any atom is 0.194 e. The van der Waals surface area contributed by atoms with Gasteiger partial charge in [0.05, 0.1) is 5.69 Å². The van der Waals surface area contributed by atoms with Gasteiger partial charge in [0.15, 0.2) is 4.96 Å². The maximum atomic E-state index is 4.35. The first-order chi connectivity index (χ1) is 8.66. The van der Waals surface area contributed by atoms with Crippen molar-refractivity contribution < 1.29 is 0 Å². The fourth-order valence-corrected chi connectivity index (χ4v) is 3.21. The van der Waals surface area contributed by atoms with Crippen LogP contribution in [0.25, 0.3) is 16.2 Å². The van der Waals surface area contributed by atoms with Crippen LogP contribution in [0, 0.1) is 6.92 Å². The molecule has 0 radical (unpaired) electrons. The van der Waals surface area contributed by atoms with E-state index in [9.17, 15) is 0 Å². The van der Waals surface area contributed by atoms with Gasteiger partial charge in [0.1, 0.15) is 0 Å². The minimum absolute atomic E-state index is 0.580. The molecule has 0 N–H and O–H groups in total. The van der Waals surface area contributed by atoms with Crippen LogP contribution in [0.15, 0.2) is 36.7 Å². The molecule has 3 aromatic rings. The van der Waals surface area contributed by atoms with Gasteiger partial charge < -0.3 is 0 Å². The van der Waals surface area contributed by atoms with Crippen molar-refractivity contribution in [3.8, 4) is 11.3 Å². The Bertz CT molecular complexity index is 674. The standard InChI is InChI=1S/C15H16N2S/c1-10(2)12-4-6-13(7-5-12)14-11(3)18-15-16-8-9-17(14)15/h4-10H,1-3H3. The van der Waals surface area contributed by atoms with Crippen LogP contribution in [0.1, 0.15) is 30.2 Å². The second-order valence-electron chi connectivity index (χ2n) is 4.86. The molecule has 0 atom stereocenters. The zero-order valence-corrected chi connectivity index (χ0v) is 11.7. The lowest BCUT2D eigenvalue weighted by Crippen LogP contribution is -1.89. The summed E-state index contributed by atoms with van der Waals surface area (Å²) in [5, 5.41) is 0. The van der Waals surface area contributed by atoms with Crippen molar-refractivity contribution in [2.75, 3.05) is 0 Å². The number of benzene rings is 1. The van der Waals surface area contributed by atoms with E-state index in [-0.39, 0.29) is 0 Å². The second kappa shape index (κ2) is 4.25. The van der Waals surface area contributed by atoms with Crippen LogP contribution in [-0.4, -0.2) is 9.38 Å². The third-order valence-electron chi connectivity index (χ3n) is 3.28. The van der Waals surface area contributed by atoms with Gasteiger partial charge in [-0.25, -0.2) is 4.98 Å². The number of hydrogen-bond acceptors (Lipinski definition) is 2. The first-order valence-electron chi connectivity index (χ1n) is 6.19. The van der Waals surface area contributed by atoms with Crippen molar-refractivity contribution in [3.63, 3.8) is 0 Å². The fourth-order valence-electron chi connectivity index (χ4n) is 2.26. The highest BCUT2D eigenvalue weighted by atomic mass is 32.1. The Morgan fingerprint density at radius 1 is 1.17 bits per heavy atom. The molecule has 2 nitrogen and oxygen atoms in total. The molecule has 92 valence electrons. The molecule has 0 bridgehead atoms. The molecule has 0 aliphatic rings. The van der Waals surface area contributed by atoms with Crippen molar-refractivity contribution >= 4 is 16.3 Å². The van der Waals surface area contributed by atoms with Crippen LogP contribution in [0.2, 0.25) is 0 Å². The van der Waals surface area contributed by atoms with Crippen LogP contribution in [-0.2, 0) is 0 Å². The SMILES string of the molecule is Cc1sc2nccn2c1-c1ccc(C(C)C)cc1.